The number of nitrogens with one attached hydrogen (secondary N) is 1. The Balaban J connectivity index is 1.91. The van der Waals surface area contributed by atoms with Gasteiger partial charge in [0.05, 0.1) is 10.2 Å². The smallest absolute Gasteiger partial charge is 0.0809 e. The lowest BCUT2D eigenvalue weighted by Gasteiger charge is -2.19. The number of hydrogen-bond donors (Lipinski definition) is 1. The van der Waals surface area contributed by atoms with Crippen LogP contribution in [0.1, 0.15) is 24.1 Å². The van der Waals surface area contributed by atoms with Crippen LogP contribution in [-0.4, -0.2) is 11.5 Å². The summed E-state index contributed by atoms with van der Waals surface area (Å²) in [5, 5.41) is 5.67. The number of likely N-dealkylation sites (N-methyl/N-ethyl adjacent to an activating group) is 1. The maximum atomic E-state index is 4.57. The van der Waals surface area contributed by atoms with Gasteiger partial charge in [-0.15, -0.1) is 11.3 Å². The molecule has 1 unspecified atom stereocenters. The van der Waals surface area contributed by atoms with Crippen molar-refractivity contribution in [2.45, 2.75) is 19.4 Å². The van der Waals surface area contributed by atoms with E-state index in [0.717, 1.165) is 23.0 Å². The summed E-state index contributed by atoms with van der Waals surface area (Å²) in [7, 11) is 0. The molecule has 0 aliphatic rings. The Kier molecular flexibility index (Phi) is 4.68. The molecular formula is C17H17BrN2S. The Bertz CT molecular complexity index is 738. The molecule has 4 heteroatoms. The molecule has 1 aromatic carbocycles. The van der Waals surface area contributed by atoms with Crippen LogP contribution in [0.4, 0.5) is 0 Å². The number of fused-ring (bicyclic) bond motifs is 1. The van der Waals surface area contributed by atoms with Crippen LogP contribution in [0.2, 0.25) is 0 Å². The van der Waals surface area contributed by atoms with Crippen molar-refractivity contribution in [2.75, 3.05) is 6.54 Å². The zero-order valence-corrected chi connectivity index (χ0v) is 14.2. The number of halogens is 1. The minimum Gasteiger partial charge on any atom is -0.310 e. The molecule has 0 saturated heterocycles. The van der Waals surface area contributed by atoms with E-state index < -0.39 is 0 Å². The van der Waals surface area contributed by atoms with Gasteiger partial charge < -0.3 is 5.32 Å². The molecule has 3 aromatic rings. The fourth-order valence-electron chi connectivity index (χ4n) is 2.49. The van der Waals surface area contributed by atoms with E-state index in [1.807, 2.05) is 6.20 Å². The summed E-state index contributed by atoms with van der Waals surface area (Å²) < 4.78 is 2.42. The maximum Gasteiger partial charge on any atom is 0.0809 e. The van der Waals surface area contributed by atoms with Gasteiger partial charge >= 0.3 is 0 Å². The number of nitrogens with zero attached hydrogens (tertiary/aromatic N) is 1. The predicted molar refractivity (Wildman–Crippen MR) is 93.9 cm³/mol. The van der Waals surface area contributed by atoms with Crippen LogP contribution in [0.3, 0.4) is 0 Å². The van der Waals surface area contributed by atoms with Gasteiger partial charge in [0.2, 0.25) is 0 Å². The molecule has 1 N–H and O–H groups in total. The first-order valence-electron chi connectivity index (χ1n) is 7.08. The average Bonchev–Trinajstić information content (AvgIpc) is 2.96. The summed E-state index contributed by atoms with van der Waals surface area (Å²) in [4.78, 5) is 4.57. The minimum absolute atomic E-state index is 0.285. The van der Waals surface area contributed by atoms with E-state index in [1.54, 1.807) is 11.3 Å². The summed E-state index contributed by atoms with van der Waals surface area (Å²) in [6.45, 7) is 3.09. The van der Waals surface area contributed by atoms with Gasteiger partial charge in [0.25, 0.3) is 0 Å². The van der Waals surface area contributed by atoms with Crippen LogP contribution in [0.15, 0.2) is 52.4 Å². The molecule has 0 aliphatic carbocycles. The Morgan fingerprint density at radius 2 is 2.14 bits per heavy atom. The topological polar surface area (TPSA) is 24.9 Å². The Hall–Kier alpha value is -1.23. The van der Waals surface area contributed by atoms with Crippen molar-refractivity contribution in [1.82, 2.24) is 10.3 Å². The molecule has 0 saturated carbocycles. The normalized spacial score (nSPS) is 12.7. The van der Waals surface area contributed by atoms with Crippen molar-refractivity contribution in [1.29, 1.82) is 0 Å². The number of rotatable bonds is 5. The fraction of sp³-hybridized carbons (Fsp3) is 0.235. The maximum absolute atomic E-state index is 4.57. The second-order valence-electron chi connectivity index (χ2n) is 4.98. The van der Waals surface area contributed by atoms with E-state index in [4.69, 9.17) is 0 Å². The Labute approximate surface area is 137 Å². The fourth-order valence-corrected chi connectivity index (χ4v) is 3.73. The third-order valence-corrected chi connectivity index (χ3v) is 5.19. The molecule has 0 spiro atoms. The quantitative estimate of drug-likeness (QED) is 0.695. The van der Waals surface area contributed by atoms with Crippen LogP contribution in [-0.2, 0) is 6.42 Å². The van der Waals surface area contributed by atoms with Crippen molar-refractivity contribution in [3.8, 4) is 0 Å². The lowest BCUT2D eigenvalue weighted by atomic mass is 10.00. The van der Waals surface area contributed by atoms with Crippen molar-refractivity contribution in [3.05, 3.63) is 63.6 Å². The van der Waals surface area contributed by atoms with Crippen LogP contribution < -0.4 is 5.32 Å². The number of hydrogen-bond acceptors (Lipinski definition) is 3. The molecule has 2 heterocycles. The summed E-state index contributed by atoms with van der Waals surface area (Å²) in [6.07, 6.45) is 2.95. The van der Waals surface area contributed by atoms with Gasteiger partial charge in [0, 0.05) is 16.7 Å². The molecule has 0 aliphatic heterocycles. The molecule has 0 amide bonds. The summed E-state index contributed by atoms with van der Waals surface area (Å²) in [5.74, 6) is 0. The standard InChI is InChI=1S/C17H17BrN2S/c1-2-19-16(9-12-5-3-4-6-14(12)18)13-10-17-15(20-11-13)7-8-21-17/h3-8,10-11,16,19H,2,9H2,1H3. The van der Waals surface area contributed by atoms with Gasteiger partial charge in [-0.1, -0.05) is 41.1 Å². The Morgan fingerprint density at radius 1 is 1.29 bits per heavy atom. The van der Waals surface area contributed by atoms with Gasteiger partial charge in [-0.2, -0.15) is 0 Å². The second kappa shape index (κ2) is 6.69. The van der Waals surface area contributed by atoms with Gasteiger partial charge in [-0.05, 0) is 47.7 Å². The number of aromatic nitrogens is 1. The van der Waals surface area contributed by atoms with Gasteiger partial charge in [0.1, 0.15) is 0 Å². The van der Waals surface area contributed by atoms with Crippen molar-refractivity contribution in [3.63, 3.8) is 0 Å². The van der Waals surface area contributed by atoms with Crippen molar-refractivity contribution < 1.29 is 0 Å². The molecule has 1 atom stereocenters. The molecular weight excluding hydrogens is 344 g/mol. The van der Waals surface area contributed by atoms with Crippen molar-refractivity contribution >= 4 is 37.5 Å². The number of thiophene rings is 1. The van der Waals surface area contributed by atoms with E-state index in [2.05, 4.69) is 74.9 Å². The van der Waals surface area contributed by atoms with Crippen LogP contribution >= 0.6 is 27.3 Å². The van der Waals surface area contributed by atoms with Crippen LogP contribution in [0.25, 0.3) is 10.2 Å². The third-order valence-electron chi connectivity index (χ3n) is 3.56. The van der Waals surface area contributed by atoms with E-state index in [0.29, 0.717) is 0 Å². The lowest BCUT2D eigenvalue weighted by molar-refractivity contribution is 0.548. The molecule has 2 nitrogen and oxygen atoms in total. The summed E-state index contributed by atoms with van der Waals surface area (Å²) >= 11 is 5.39. The third kappa shape index (κ3) is 3.34. The van der Waals surface area contributed by atoms with E-state index in [9.17, 15) is 0 Å². The van der Waals surface area contributed by atoms with Crippen LogP contribution in [0, 0.1) is 0 Å². The first kappa shape index (κ1) is 14.7. The number of benzene rings is 1. The molecule has 0 radical (unpaired) electrons. The number of pyridine rings is 1. The van der Waals surface area contributed by atoms with Crippen molar-refractivity contribution in [2.24, 2.45) is 0 Å². The predicted octanol–water partition coefficient (Wildman–Crippen LogP) is 4.95. The highest BCUT2D eigenvalue weighted by molar-refractivity contribution is 9.10. The zero-order chi connectivity index (χ0) is 14.7. The minimum atomic E-state index is 0.285. The van der Waals surface area contributed by atoms with E-state index in [1.165, 1.54) is 15.8 Å². The molecule has 3 rings (SSSR count). The first-order chi connectivity index (χ1) is 10.3. The van der Waals surface area contributed by atoms with Gasteiger partial charge in [-0.25, -0.2) is 0 Å². The molecule has 0 fully saturated rings. The lowest BCUT2D eigenvalue weighted by Crippen LogP contribution is -2.23. The van der Waals surface area contributed by atoms with E-state index in [-0.39, 0.29) is 6.04 Å². The second-order valence-corrected chi connectivity index (χ2v) is 6.78. The summed E-state index contributed by atoms with van der Waals surface area (Å²) in [6, 6.07) is 13.0. The largest absolute Gasteiger partial charge is 0.310 e. The van der Waals surface area contributed by atoms with E-state index >= 15 is 0 Å². The highest BCUT2D eigenvalue weighted by Crippen LogP contribution is 2.27. The molecule has 21 heavy (non-hydrogen) atoms. The summed E-state index contributed by atoms with van der Waals surface area (Å²) in [5.41, 5.74) is 3.65. The average molecular weight is 361 g/mol. The first-order valence-corrected chi connectivity index (χ1v) is 8.75. The highest BCUT2D eigenvalue weighted by atomic mass is 79.9. The SMILES string of the molecule is CCNC(Cc1ccccc1Br)c1cnc2ccsc2c1. The molecule has 0 bridgehead atoms. The highest BCUT2D eigenvalue weighted by Gasteiger charge is 2.14. The Morgan fingerprint density at radius 3 is 2.95 bits per heavy atom. The van der Waals surface area contributed by atoms with Crippen LogP contribution in [0.5, 0.6) is 0 Å². The monoisotopic (exact) mass is 360 g/mol. The zero-order valence-electron chi connectivity index (χ0n) is 11.8. The molecule has 2 aromatic heterocycles. The van der Waals surface area contributed by atoms with Gasteiger partial charge in [0.15, 0.2) is 0 Å². The van der Waals surface area contributed by atoms with Gasteiger partial charge in [-0.3, -0.25) is 4.98 Å². The molecule has 108 valence electrons.